The van der Waals surface area contributed by atoms with Crippen molar-refractivity contribution in [3.05, 3.63) is 88.4 Å². The molecule has 0 bridgehead atoms. The molecule has 0 aliphatic heterocycles. The predicted molar refractivity (Wildman–Crippen MR) is 124 cm³/mol. The first kappa shape index (κ1) is 23.3. The largest absolute Gasteiger partial charge is 0.490 e. The maximum Gasteiger partial charge on any atom is 0.347 e. The fraction of sp³-hybridized carbons (Fsp3) is 0.200. The summed E-state index contributed by atoms with van der Waals surface area (Å²) in [6.45, 7) is 4.12. The lowest BCUT2D eigenvalue weighted by atomic mass is 10.2. The second kappa shape index (κ2) is 11.3. The minimum atomic E-state index is -0.560. The second-order valence-electron chi connectivity index (χ2n) is 7.02. The normalized spacial score (nSPS) is 10.5. The van der Waals surface area contributed by atoms with E-state index in [1.807, 2.05) is 44.2 Å². The number of carbonyl (C=O) groups excluding carboxylic acids is 2. The summed E-state index contributed by atoms with van der Waals surface area (Å²) < 4.78 is 22.6. The van der Waals surface area contributed by atoms with Crippen LogP contribution in [-0.2, 0) is 4.74 Å². The van der Waals surface area contributed by atoms with E-state index in [0.717, 1.165) is 4.47 Å². The molecule has 0 saturated carbocycles. The van der Waals surface area contributed by atoms with Gasteiger partial charge in [-0.3, -0.25) is 0 Å². The van der Waals surface area contributed by atoms with E-state index >= 15 is 0 Å². The lowest BCUT2D eigenvalue weighted by molar-refractivity contribution is 0.0450. The van der Waals surface area contributed by atoms with E-state index < -0.39 is 11.9 Å². The molecule has 0 radical (unpaired) electrons. The molecule has 0 heterocycles. The van der Waals surface area contributed by atoms with Crippen molar-refractivity contribution in [2.24, 2.45) is 0 Å². The standard InChI is InChI=1S/C25H23BrO6/c1-17(2)31-23-13-10-19(26)16-22(23)25(28)32-21-11-8-18(9-12-21)24(27)30-15-14-29-20-6-4-3-5-7-20/h3-13,16-17H,14-15H2,1-2H3. The van der Waals surface area contributed by atoms with Crippen LogP contribution in [-0.4, -0.2) is 31.3 Å². The number of hydrogen-bond acceptors (Lipinski definition) is 6. The molecule has 3 rings (SSSR count). The molecule has 0 aliphatic rings. The summed E-state index contributed by atoms with van der Waals surface area (Å²) >= 11 is 3.36. The van der Waals surface area contributed by atoms with Crippen molar-refractivity contribution in [3.8, 4) is 17.2 Å². The van der Waals surface area contributed by atoms with Gasteiger partial charge < -0.3 is 18.9 Å². The molecule has 0 saturated heterocycles. The van der Waals surface area contributed by atoms with E-state index in [1.165, 1.54) is 24.3 Å². The third-order valence-corrected chi connectivity index (χ3v) is 4.65. The van der Waals surface area contributed by atoms with Gasteiger partial charge in [0.2, 0.25) is 0 Å². The molecule has 3 aromatic carbocycles. The molecule has 0 fully saturated rings. The smallest absolute Gasteiger partial charge is 0.347 e. The van der Waals surface area contributed by atoms with Crippen molar-refractivity contribution in [1.82, 2.24) is 0 Å². The highest BCUT2D eigenvalue weighted by Crippen LogP contribution is 2.26. The molecule has 7 heteroatoms. The zero-order chi connectivity index (χ0) is 22.9. The Labute approximate surface area is 195 Å². The molecule has 166 valence electrons. The molecule has 0 aliphatic carbocycles. The molecule has 0 atom stereocenters. The van der Waals surface area contributed by atoms with Gasteiger partial charge in [0, 0.05) is 4.47 Å². The number of hydrogen-bond donors (Lipinski definition) is 0. The van der Waals surface area contributed by atoms with Gasteiger partial charge in [-0.25, -0.2) is 9.59 Å². The fourth-order valence-corrected chi connectivity index (χ4v) is 3.09. The lowest BCUT2D eigenvalue weighted by Crippen LogP contribution is -2.14. The van der Waals surface area contributed by atoms with E-state index in [0.29, 0.717) is 28.4 Å². The van der Waals surface area contributed by atoms with Crippen LogP contribution in [0.15, 0.2) is 77.3 Å². The van der Waals surface area contributed by atoms with Crippen LogP contribution < -0.4 is 14.2 Å². The number of benzene rings is 3. The van der Waals surface area contributed by atoms with Crippen molar-refractivity contribution >= 4 is 27.9 Å². The molecule has 3 aromatic rings. The number of carbonyl (C=O) groups is 2. The topological polar surface area (TPSA) is 71.1 Å². The Morgan fingerprint density at radius 1 is 0.844 bits per heavy atom. The quantitative estimate of drug-likeness (QED) is 0.214. The number of ether oxygens (including phenoxy) is 4. The Balaban J connectivity index is 1.54. The van der Waals surface area contributed by atoms with Crippen LogP contribution in [0.4, 0.5) is 0 Å². The number of rotatable bonds is 9. The first-order valence-corrected chi connectivity index (χ1v) is 10.8. The monoisotopic (exact) mass is 498 g/mol. The lowest BCUT2D eigenvalue weighted by Gasteiger charge is -2.14. The van der Waals surface area contributed by atoms with Crippen molar-refractivity contribution in [3.63, 3.8) is 0 Å². The van der Waals surface area contributed by atoms with Gasteiger partial charge in [0.15, 0.2) is 0 Å². The number of para-hydroxylation sites is 1. The van der Waals surface area contributed by atoms with Gasteiger partial charge >= 0.3 is 11.9 Å². The molecule has 0 aromatic heterocycles. The van der Waals surface area contributed by atoms with Gasteiger partial charge in [-0.15, -0.1) is 0 Å². The highest BCUT2D eigenvalue weighted by molar-refractivity contribution is 9.10. The summed E-state index contributed by atoms with van der Waals surface area (Å²) in [6.07, 6.45) is -0.0916. The highest BCUT2D eigenvalue weighted by Gasteiger charge is 2.17. The van der Waals surface area contributed by atoms with E-state index in [-0.39, 0.29) is 19.3 Å². The summed E-state index contributed by atoms with van der Waals surface area (Å²) in [5, 5.41) is 0. The Morgan fingerprint density at radius 3 is 2.25 bits per heavy atom. The zero-order valence-electron chi connectivity index (χ0n) is 17.7. The highest BCUT2D eigenvalue weighted by atomic mass is 79.9. The summed E-state index contributed by atoms with van der Waals surface area (Å²) in [5.41, 5.74) is 0.644. The van der Waals surface area contributed by atoms with Crippen LogP contribution in [0.25, 0.3) is 0 Å². The van der Waals surface area contributed by atoms with Crippen LogP contribution >= 0.6 is 15.9 Å². The van der Waals surface area contributed by atoms with Gasteiger partial charge in [0.25, 0.3) is 0 Å². The molecule has 6 nitrogen and oxygen atoms in total. The maximum atomic E-state index is 12.7. The minimum absolute atomic E-state index is 0.0916. The summed E-state index contributed by atoms with van der Waals surface area (Å²) in [7, 11) is 0. The van der Waals surface area contributed by atoms with Gasteiger partial charge in [0.1, 0.15) is 36.0 Å². The van der Waals surface area contributed by atoms with Crippen molar-refractivity contribution < 1.29 is 28.5 Å². The third-order valence-electron chi connectivity index (χ3n) is 4.15. The minimum Gasteiger partial charge on any atom is -0.490 e. The molecule has 0 N–H and O–H groups in total. The van der Waals surface area contributed by atoms with Crippen molar-refractivity contribution in [1.29, 1.82) is 0 Å². The van der Waals surface area contributed by atoms with Gasteiger partial charge in [-0.05, 0) is 68.4 Å². The number of esters is 2. The van der Waals surface area contributed by atoms with Crippen LogP contribution in [0.5, 0.6) is 17.2 Å². The first-order chi connectivity index (χ1) is 15.4. The third kappa shape index (κ3) is 6.85. The van der Waals surface area contributed by atoms with Crippen molar-refractivity contribution in [2.75, 3.05) is 13.2 Å². The molecular weight excluding hydrogens is 476 g/mol. The Hall–Kier alpha value is -3.32. The Morgan fingerprint density at radius 2 is 1.56 bits per heavy atom. The fourth-order valence-electron chi connectivity index (χ4n) is 2.73. The number of halogens is 1. The maximum absolute atomic E-state index is 12.7. The zero-order valence-corrected chi connectivity index (χ0v) is 19.3. The Bertz CT molecular complexity index is 1050. The molecular formula is C25H23BrO6. The average Bonchev–Trinajstić information content (AvgIpc) is 2.78. The van der Waals surface area contributed by atoms with E-state index in [2.05, 4.69) is 15.9 Å². The summed E-state index contributed by atoms with van der Waals surface area (Å²) in [4.78, 5) is 24.8. The van der Waals surface area contributed by atoms with Crippen LogP contribution in [0, 0.1) is 0 Å². The SMILES string of the molecule is CC(C)Oc1ccc(Br)cc1C(=O)Oc1ccc(C(=O)OCCOc2ccccc2)cc1. The van der Waals surface area contributed by atoms with E-state index in [9.17, 15) is 9.59 Å². The Kier molecular flexibility index (Phi) is 8.27. The first-order valence-electron chi connectivity index (χ1n) is 10.1. The van der Waals surface area contributed by atoms with Gasteiger partial charge in [-0.1, -0.05) is 34.1 Å². The van der Waals surface area contributed by atoms with Crippen LogP contribution in [0.3, 0.4) is 0 Å². The molecule has 0 spiro atoms. The summed E-state index contributed by atoms with van der Waals surface area (Å²) in [5.74, 6) is 0.400. The predicted octanol–water partition coefficient (Wildman–Crippen LogP) is 5.69. The van der Waals surface area contributed by atoms with Gasteiger partial charge in [0.05, 0.1) is 11.7 Å². The molecule has 0 unspecified atom stereocenters. The molecule has 0 amide bonds. The van der Waals surface area contributed by atoms with Crippen LogP contribution in [0.2, 0.25) is 0 Å². The summed E-state index contributed by atoms with van der Waals surface area (Å²) in [6, 6.07) is 20.6. The van der Waals surface area contributed by atoms with Crippen LogP contribution in [0.1, 0.15) is 34.6 Å². The molecule has 32 heavy (non-hydrogen) atoms. The second-order valence-corrected chi connectivity index (χ2v) is 7.93. The van der Waals surface area contributed by atoms with Gasteiger partial charge in [-0.2, -0.15) is 0 Å². The van der Waals surface area contributed by atoms with Crippen molar-refractivity contribution in [2.45, 2.75) is 20.0 Å². The average molecular weight is 499 g/mol. The van der Waals surface area contributed by atoms with E-state index in [1.54, 1.807) is 18.2 Å². The van der Waals surface area contributed by atoms with E-state index in [4.69, 9.17) is 18.9 Å².